The van der Waals surface area contributed by atoms with Crippen LogP contribution in [0.4, 0.5) is 0 Å². The lowest BCUT2D eigenvalue weighted by atomic mass is 10.1. The van der Waals surface area contributed by atoms with Gasteiger partial charge in [-0.2, -0.15) is 0 Å². The largest absolute Gasteiger partial charge is 0.479 e. The van der Waals surface area contributed by atoms with Crippen molar-refractivity contribution in [2.45, 2.75) is 13.0 Å². The van der Waals surface area contributed by atoms with Crippen LogP contribution in [0.1, 0.15) is 17.4 Å². The van der Waals surface area contributed by atoms with Gasteiger partial charge in [0.25, 0.3) is 0 Å². The molecule has 0 spiro atoms. The molecular formula is C8H9NO3. The number of aryl methyl sites for hydroxylation is 1. The first-order chi connectivity index (χ1) is 5.61. The van der Waals surface area contributed by atoms with Crippen molar-refractivity contribution in [1.29, 1.82) is 0 Å². The zero-order valence-electron chi connectivity index (χ0n) is 6.56. The third kappa shape index (κ3) is 1.79. The molecule has 0 bridgehead atoms. The molecule has 0 saturated heterocycles. The van der Waals surface area contributed by atoms with E-state index in [-0.39, 0.29) is 0 Å². The van der Waals surface area contributed by atoms with Gasteiger partial charge in [-0.05, 0) is 24.6 Å². The van der Waals surface area contributed by atoms with E-state index in [1.807, 2.05) is 0 Å². The fraction of sp³-hybridized carbons (Fsp3) is 0.250. The van der Waals surface area contributed by atoms with Gasteiger partial charge in [-0.3, -0.25) is 4.98 Å². The summed E-state index contributed by atoms with van der Waals surface area (Å²) in [5.74, 6) is -1.25. The molecule has 1 aromatic heterocycles. The highest BCUT2D eigenvalue weighted by atomic mass is 16.4. The highest BCUT2D eigenvalue weighted by Gasteiger charge is 2.15. The number of carbonyl (C=O) groups is 1. The predicted molar refractivity (Wildman–Crippen MR) is 41.6 cm³/mol. The Kier molecular flexibility index (Phi) is 2.40. The van der Waals surface area contributed by atoms with Crippen LogP contribution in [0.3, 0.4) is 0 Å². The van der Waals surface area contributed by atoms with Gasteiger partial charge in [0, 0.05) is 11.9 Å². The fourth-order valence-corrected chi connectivity index (χ4v) is 0.880. The topological polar surface area (TPSA) is 70.4 Å². The molecule has 4 heteroatoms. The van der Waals surface area contributed by atoms with Gasteiger partial charge in [0.2, 0.25) is 0 Å². The monoisotopic (exact) mass is 167 g/mol. The second kappa shape index (κ2) is 3.32. The number of hydrogen-bond donors (Lipinski definition) is 2. The highest BCUT2D eigenvalue weighted by molar-refractivity contribution is 5.73. The Bertz CT molecular complexity index is 298. The van der Waals surface area contributed by atoms with Crippen LogP contribution in [0, 0.1) is 6.92 Å². The maximum Gasteiger partial charge on any atom is 0.337 e. The molecule has 0 aromatic carbocycles. The summed E-state index contributed by atoms with van der Waals surface area (Å²) in [6.07, 6.45) is 0.0169. The van der Waals surface area contributed by atoms with E-state index in [4.69, 9.17) is 10.2 Å². The van der Waals surface area contributed by atoms with E-state index in [2.05, 4.69) is 4.98 Å². The van der Waals surface area contributed by atoms with Crippen LogP contribution >= 0.6 is 0 Å². The molecule has 0 aliphatic carbocycles. The molecule has 0 aliphatic heterocycles. The molecule has 12 heavy (non-hydrogen) atoms. The summed E-state index contributed by atoms with van der Waals surface area (Å²) in [7, 11) is 0. The van der Waals surface area contributed by atoms with Crippen LogP contribution in [0.25, 0.3) is 0 Å². The van der Waals surface area contributed by atoms with E-state index in [0.29, 0.717) is 11.3 Å². The van der Waals surface area contributed by atoms with Crippen molar-refractivity contribution < 1.29 is 15.0 Å². The van der Waals surface area contributed by atoms with Crippen molar-refractivity contribution in [1.82, 2.24) is 4.98 Å². The summed E-state index contributed by atoms with van der Waals surface area (Å²) in [6, 6.07) is 3.02. The van der Waals surface area contributed by atoms with E-state index >= 15 is 0 Å². The van der Waals surface area contributed by atoms with Crippen molar-refractivity contribution in [3.63, 3.8) is 0 Å². The van der Waals surface area contributed by atoms with E-state index in [0.717, 1.165) is 0 Å². The van der Waals surface area contributed by atoms with Crippen LogP contribution in [0.15, 0.2) is 18.3 Å². The molecule has 0 fully saturated rings. The summed E-state index contributed by atoms with van der Waals surface area (Å²) >= 11 is 0. The normalized spacial score (nSPS) is 12.5. The molecule has 2 N–H and O–H groups in total. The standard InChI is InChI=1S/C8H9NO3/c1-5-4-6(2-3-9-5)7(10)8(11)12/h2-4,7,10H,1H3,(H,11,12). The zero-order chi connectivity index (χ0) is 9.14. The first-order valence-electron chi connectivity index (χ1n) is 3.44. The van der Waals surface area contributed by atoms with Crippen molar-refractivity contribution in [2.75, 3.05) is 0 Å². The highest BCUT2D eigenvalue weighted by Crippen LogP contribution is 2.12. The molecule has 0 saturated carbocycles. The number of hydrogen-bond acceptors (Lipinski definition) is 3. The van der Waals surface area contributed by atoms with E-state index in [1.54, 1.807) is 13.0 Å². The lowest BCUT2D eigenvalue weighted by molar-refractivity contribution is -0.146. The number of rotatable bonds is 2. The maximum absolute atomic E-state index is 10.3. The number of carboxylic acid groups (broad SMARTS) is 1. The van der Waals surface area contributed by atoms with Crippen molar-refractivity contribution >= 4 is 5.97 Å². The number of aliphatic carboxylic acids is 1. The van der Waals surface area contributed by atoms with Gasteiger partial charge in [0.05, 0.1) is 0 Å². The quantitative estimate of drug-likeness (QED) is 0.673. The minimum absolute atomic E-state index is 0.356. The molecule has 0 radical (unpaired) electrons. The van der Waals surface area contributed by atoms with Crippen molar-refractivity contribution in [2.24, 2.45) is 0 Å². The molecule has 1 heterocycles. The third-order valence-corrected chi connectivity index (χ3v) is 1.47. The zero-order valence-corrected chi connectivity index (χ0v) is 6.56. The second-order valence-electron chi connectivity index (χ2n) is 2.47. The number of nitrogens with zero attached hydrogens (tertiary/aromatic N) is 1. The predicted octanol–water partition coefficient (Wildman–Crippen LogP) is 0.508. The van der Waals surface area contributed by atoms with E-state index in [1.165, 1.54) is 12.3 Å². The molecule has 1 aromatic rings. The first kappa shape index (κ1) is 8.67. The smallest absolute Gasteiger partial charge is 0.337 e. The van der Waals surface area contributed by atoms with Crippen LogP contribution in [0.5, 0.6) is 0 Å². The van der Waals surface area contributed by atoms with Crippen LogP contribution in [0.2, 0.25) is 0 Å². The number of aliphatic hydroxyl groups is 1. The summed E-state index contributed by atoms with van der Waals surface area (Å²) in [4.78, 5) is 14.2. The first-order valence-corrected chi connectivity index (χ1v) is 3.44. The van der Waals surface area contributed by atoms with Crippen LogP contribution in [-0.2, 0) is 4.79 Å². The lowest BCUT2D eigenvalue weighted by Gasteiger charge is -2.04. The van der Waals surface area contributed by atoms with Gasteiger partial charge in [0.15, 0.2) is 6.10 Å². The lowest BCUT2D eigenvalue weighted by Crippen LogP contribution is -2.10. The molecular weight excluding hydrogens is 158 g/mol. The van der Waals surface area contributed by atoms with Gasteiger partial charge >= 0.3 is 5.97 Å². The Morgan fingerprint density at radius 2 is 2.33 bits per heavy atom. The number of carboxylic acids is 1. The summed E-state index contributed by atoms with van der Waals surface area (Å²) in [5, 5.41) is 17.6. The van der Waals surface area contributed by atoms with E-state index < -0.39 is 12.1 Å². The minimum atomic E-state index is -1.45. The number of pyridine rings is 1. The third-order valence-electron chi connectivity index (χ3n) is 1.47. The Morgan fingerprint density at radius 3 is 2.83 bits per heavy atom. The Morgan fingerprint density at radius 1 is 1.67 bits per heavy atom. The van der Waals surface area contributed by atoms with Crippen molar-refractivity contribution in [3.8, 4) is 0 Å². The second-order valence-corrected chi connectivity index (χ2v) is 2.47. The maximum atomic E-state index is 10.3. The van der Waals surface area contributed by atoms with Gasteiger partial charge in [-0.25, -0.2) is 4.79 Å². The minimum Gasteiger partial charge on any atom is -0.479 e. The Balaban J connectivity index is 2.95. The summed E-state index contributed by atoms with van der Waals surface area (Å²) in [6.45, 7) is 1.73. The SMILES string of the molecule is Cc1cc(C(O)C(=O)O)ccn1. The molecule has 0 amide bonds. The molecule has 1 rings (SSSR count). The molecule has 0 aliphatic rings. The summed E-state index contributed by atoms with van der Waals surface area (Å²) in [5.41, 5.74) is 1.04. The Labute approximate surface area is 69.5 Å². The average molecular weight is 167 g/mol. The van der Waals surface area contributed by atoms with Gasteiger partial charge in [0.1, 0.15) is 0 Å². The van der Waals surface area contributed by atoms with Gasteiger partial charge in [-0.15, -0.1) is 0 Å². The van der Waals surface area contributed by atoms with Crippen molar-refractivity contribution in [3.05, 3.63) is 29.6 Å². The van der Waals surface area contributed by atoms with Crippen LogP contribution < -0.4 is 0 Å². The van der Waals surface area contributed by atoms with Crippen LogP contribution in [-0.4, -0.2) is 21.2 Å². The molecule has 4 nitrogen and oxygen atoms in total. The molecule has 1 atom stereocenters. The molecule has 1 unspecified atom stereocenters. The number of aromatic nitrogens is 1. The van der Waals surface area contributed by atoms with Gasteiger partial charge in [-0.1, -0.05) is 0 Å². The Hall–Kier alpha value is -1.42. The fourth-order valence-electron chi connectivity index (χ4n) is 0.880. The number of aliphatic hydroxyl groups excluding tert-OH is 1. The van der Waals surface area contributed by atoms with Gasteiger partial charge < -0.3 is 10.2 Å². The van der Waals surface area contributed by atoms with E-state index in [9.17, 15) is 4.79 Å². The summed E-state index contributed by atoms with van der Waals surface area (Å²) < 4.78 is 0. The average Bonchev–Trinajstić information content (AvgIpc) is 2.03. The molecule has 64 valence electrons.